The van der Waals surface area contributed by atoms with E-state index < -0.39 is 0 Å². The summed E-state index contributed by atoms with van der Waals surface area (Å²) >= 11 is 0. The Hall–Kier alpha value is -6.50. The molecule has 0 aliphatic carbocycles. The first-order valence-corrected chi connectivity index (χ1v) is 17.3. The van der Waals surface area contributed by atoms with Crippen LogP contribution in [0.2, 0.25) is 0 Å². The summed E-state index contributed by atoms with van der Waals surface area (Å²) in [6.45, 7) is 0. The lowest BCUT2D eigenvalue weighted by molar-refractivity contribution is 1.57. The van der Waals surface area contributed by atoms with E-state index in [1.807, 2.05) is 0 Å². The standard InChI is InChI=1S/C50H34/c1-4-16-35(17-5-1)38-22-14-24-40(32-38)41-30-31-43(37-20-8-3-9-21-37)48(34-41)50-46-28-12-10-26-44(46)49(45-27-11-13-29-47(45)50)42-25-15-23-39(33-42)36-18-6-2-7-19-36/h1-34H. The van der Waals surface area contributed by atoms with E-state index in [9.17, 15) is 0 Å². The SMILES string of the molecule is c1ccc(-c2cccc(-c3ccc(-c4ccccc4)c(-c4c5ccccc5c(-c5cccc(-c6ccccc6)c5)c5ccccc45)c3)c2)cc1. The Morgan fingerprint density at radius 3 is 1.06 bits per heavy atom. The third-order valence-corrected chi connectivity index (χ3v) is 9.87. The minimum absolute atomic E-state index is 1.20. The molecule has 0 atom stereocenters. The molecule has 0 amide bonds. The van der Waals surface area contributed by atoms with Gasteiger partial charge in [0.15, 0.2) is 0 Å². The summed E-state index contributed by atoms with van der Waals surface area (Å²) in [4.78, 5) is 0. The van der Waals surface area contributed by atoms with Gasteiger partial charge >= 0.3 is 0 Å². The van der Waals surface area contributed by atoms with Crippen LogP contribution in [0.15, 0.2) is 206 Å². The zero-order chi connectivity index (χ0) is 33.3. The zero-order valence-electron chi connectivity index (χ0n) is 27.6. The highest BCUT2D eigenvalue weighted by atomic mass is 14.2. The van der Waals surface area contributed by atoms with Gasteiger partial charge in [-0.1, -0.05) is 188 Å². The molecule has 0 bridgehead atoms. The Morgan fingerprint density at radius 1 is 0.180 bits per heavy atom. The van der Waals surface area contributed by atoms with E-state index >= 15 is 0 Å². The molecular weight excluding hydrogens is 601 g/mol. The van der Waals surface area contributed by atoms with Crippen molar-refractivity contribution >= 4 is 21.5 Å². The third kappa shape index (κ3) is 5.38. The first kappa shape index (κ1) is 29.6. The fourth-order valence-electron chi connectivity index (χ4n) is 7.52. The molecule has 0 nitrogen and oxygen atoms in total. The van der Waals surface area contributed by atoms with Crippen molar-refractivity contribution in [2.24, 2.45) is 0 Å². The molecule has 0 heterocycles. The molecule has 0 N–H and O–H groups in total. The molecule has 0 aliphatic rings. The molecule has 9 aromatic carbocycles. The number of hydrogen-bond donors (Lipinski definition) is 0. The van der Waals surface area contributed by atoms with Crippen LogP contribution in [0.5, 0.6) is 0 Å². The maximum Gasteiger partial charge on any atom is -0.00199 e. The molecule has 0 heteroatoms. The van der Waals surface area contributed by atoms with Crippen molar-refractivity contribution in [2.75, 3.05) is 0 Å². The lowest BCUT2D eigenvalue weighted by Crippen LogP contribution is -1.94. The van der Waals surface area contributed by atoms with Gasteiger partial charge in [-0.25, -0.2) is 0 Å². The van der Waals surface area contributed by atoms with Crippen molar-refractivity contribution < 1.29 is 0 Å². The van der Waals surface area contributed by atoms with Crippen molar-refractivity contribution in [1.29, 1.82) is 0 Å². The Labute approximate surface area is 293 Å². The van der Waals surface area contributed by atoms with Crippen molar-refractivity contribution in [2.45, 2.75) is 0 Å². The Bertz CT molecular complexity index is 2560. The van der Waals surface area contributed by atoms with Gasteiger partial charge in [0.05, 0.1) is 0 Å². The average Bonchev–Trinajstić information content (AvgIpc) is 3.21. The second-order valence-corrected chi connectivity index (χ2v) is 12.9. The highest BCUT2D eigenvalue weighted by Gasteiger charge is 2.20. The van der Waals surface area contributed by atoms with Crippen LogP contribution in [0.1, 0.15) is 0 Å². The van der Waals surface area contributed by atoms with Gasteiger partial charge in [0, 0.05) is 0 Å². The summed E-state index contributed by atoms with van der Waals surface area (Å²) in [6, 6.07) is 75.0. The molecule has 9 aromatic rings. The van der Waals surface area contributed by atoms with Crippen LogP contribution in [0.3, 0.4) is 0 Å². The van der Waals surface area contributed by atoms with Crippen molar-refractivity contribution in [1.82, 2.24) is 0 Å². The maximum absolute atomic E-state index is 2.41. The van der Waals surface area contributed by atoms with Gasteiger partial charge in [0.2, 0.25) is 0 Å². The number of fused-ring (bicyclic) bond motifs is 2. The van der Waals surface area contributed by atoms with Crippen LogP contribution in [0.4, 0.5) is 0 Å². The van der Waals surface area contributed by atoms with Crippen LogP contribution in [-0.2, 0) is 0 Å². The van der Waals surface area contributed by atoms with Crippen molar-refractivity contribution in [3.8, 4) is 66.8 Å². The summed E-state index contributed by atoms with van der Waals surface area (Å²) in [6.07, 6.45) is 0. The summed E-state index contributed by atoms with van der Waals surface area (Å²) in [5.74, 6) is 0. The van der Waals surface area contributed by atoms with Crippen LogP contribution in [0, 0.1) is 0 Å². The van der Waals surface area contributed by atoms with Gasteiger partial charge in [0.25, 0.3) is 0 Å². The topological polar surface area (TPSA) is 0 Å². The first-order chi connectivity index (χ1) is 24.8. The van der Waals surface area contributed by atoms with Crippen molar-refractivity contribution in [3.63, 3.8) is 0 Å². The predicted octanol–water partition coefficient (Wildman–Crippen LogP) is 14.0. The lowest BCUT2D eigenvalue weighted by atomic mass is 9.82. The minimum Gasteiger partial charge on any atom is -0.0622 e. The fourth-order valence-corrected chi connectivity index (χ4v) is 7.52. The molecule has 0 spiro atoms. The highest BCUT2D eigenvalue weighted by Crippen LogP contribution is 2.47. The van der Waals surface area contributed by atoms with E-state index in [1.54, 1.807) is 0 Å². The molecule has 0 unspecified atom stereocenters. The van der Waals surface area contributed by atoms with E-state index in [4.69, 9.17) is 0 Å². The quantitative estimate of drug-likeness (QED) is 0.160. The van der Waals surface area contributed by atoms with E-state index in [-0.39, 0.29) is 0 Å². The molecule has 0 aliphatic heterocycles. The van der Waals surface area contributed by atoms with Gasteiger partial charge in [-0.15, -0.1) is 0 Å². The van der Waals surface area contributed by atoms with E-state index in [2.05, 4.69) is 206 Å². The Kier molecular flexibility index (Phi) is 7.61. The molecule has 0 saturated carbocycles. The molecule has 0 radical (unpaired) electrons. The summed E-state index contributed by atoms with van der Waals surface area (Å²) in [5.41, 5.74) is 14.7. The molecule has 50 heavy (non-hydrogen) atoms. The molecule has 234 valence electrons. The van der Waals surface area contributed by atoms with E-state index in [1.165, 1.54) is 88.3 Å². The van der Waals surface area contributed by atoms with Crippen LogP contribution >= 0.6 is 0 Å². The van der Waals surface area contributed by atoms with Gasteiger partial charge in [-0.2, -0.15) is 0 Å². The van der Waals surface area contributed by atoms with Crippen molar-refractivity contribution in [3.05, 3.63) is 206 Å². The molecular formula is C50H34. The number of hydrogen-bond acceptors (Lipinski definition) is 0. The second-order valence-electron chi connectivity index (χ2n) is 12.9. The Morgan fingerprint density at radius 2 is 0.540 bits per heavy atom. The lowest BCUT2D eigenvalue weighted by Gasteiger charge is -2.21. The summed E-state index contributed by atoms with van der Waals surface area (Å²) < 4.78 is 0. The first-order valence-electron chi connectivity index (χ1n) is 17.3. The zero-order valence-corrected chi connectivity index (χ0v) is 27.6. The maximum atomic E-state index is 2.41. The highest BCUT2D eigenvalue weighted by molar-refractivity contribution is 6.22. The number of rotatable bonds is 6. The monoisotopic (exact) mass is 634 g/mol. The van der Waals surface area contributed by atoms with Crippen LogP contribution in [0.25, 0.3) is 88.3 Å². The molecule has 0 saturated heterocycles. The van der Waals surface area contributed by atoms with E-state index in [0.29, 0.717) is 0 Å². The second kappa shape index (κ2) is 12.8. The van der Waals surface area contributed by atoms with Gasteiger partial charge in [-0.3, -0.25) is 0 Å². The average molecular weight is 635 g/mol. The van der Waals surface area contributed by atoms with E-state index in [0.717, 1.165) is 0 Å². The molecule has 0 aromatic heterocycles. The number of benzene rings is 9. The molecule has 0 fully saturated rings. The fraction of sp³-hybridized carbons (Fsp3) is 0. The smallest absolute Gasteiger partial charge is 0.00199 e. The van der Waals surface area contributed by atoms with Crippen LogP contribution < -0.4 is 0 Å². The normalized spacial score (nSPS) is 11.2. The van der Waals surface area contributed by atoms with Gasteiger partial charge in [-0.05, 0) is 107 Å². The van der Waals surface area contributed by atoms with Crippen LogP contribution in [-0.4, -0.2) is 0 Å². The third-order valence-electron chi connectivity index (χ3n) is 9.87. The minimum atomic E-state index is 1.20. The largest absolute Gasteiger partial charge is 0.0622 e. The Balaban J connectivity index is 1.32. The van der Waals surface area contributed by atoms with Gasteiger partial charge in [0.1, 0.15) is 0 Å². The summed E-state index contributed by atoms with van der Waals surface area (Å²) in [5, 5.41) is 5.00. The predicted molar refractivity (Wildman–Crippen MR) is 214 cm³/mol. The molecule has 9 rings (SSSR count). The summed E-state index contributed by atoms with van der Waals surface area (Å²) in [7, 11) is 0. The van der Waals surface area contributed by atoms with Gasteiger partial charge < -0.3 is 0 Å².